The highest BCUT2D eigenvalue weighted by molar-refractivity contribution is 14.2. The summed E-state index contributed by atoms with van der Waals surface area (Å²) in [5.41, 5.74) is 0. The Hall–Kier alpha value is 2.88. The van der Waals surface area contributed by atoms with Gasteiger partial charge in [-0.25, -0.2) is 0 Å². The van der Waals surface area contributed by atoms with E-state index >= 15 is 0 Å². The van der Waals surface area contributed by atoms with Gasteiger partial charge in [0.1, 0.15) is 3.10 Å². The number of hydrogen-bond acceptors (Lipinski definition) is 1. The molecule has 0 atom stereocenters. The van der Waals surface area contributed by atoms with Crippen LogP contribution in [-0.2, 0) is 0 Å². The Morgan fingerprint density at radius 2 is 1.11 bits per heavy atom. The summed E-state index contributed by atoms with van der Waals surface area (Å²) < 4.78 is 0.319. The second kappa shape index (κ2) is 4.21. The van der Waals surface area contributed by atoms with E-state index in [0.29, 0.717) is 0 Å². The van der Waals surface area contributed by atoms with E-state index in [0.717, 1.165) is 0 Å². The molecule has 0 amide bonds. The zero-order valence-electron chi connectivity index (χ0n) is 5.01. The highest BCUT2D eigenvalue weighted by atomic mass is 127. The van der Waals surface area contributed by atoms with Crippen LogP contribution >= 0.6 is 90.4 Å². The van der Waals surface area contributed by atoms with E-state index in [9.17, 15) is 0 Å². The molecule has 0 aliphatic rings. The molecule has 0 saturated carbocycles. The van der Waals surface area contributed by atoms with Gasteiger partial charge < -0.3 is 0 Å². The third kappa shape index (κ3) is 10.9. The number of rotatable bonds is 2. The maximum Gasteiger partial charge on any atom is 0.121 e. The third-order valence-electron chi connectivity index (χ3n) is 0.439. The topological polar surface area (TPSA) is 12.0 Å². The van der Waals surface area contributed by atoms with Crippen molar-refractivity contribution >= 4 is 90.4 Å². The monoisotopic (exact) mass is 577 g/mol. The van der Waals surface area contributed by atoms with Gasteiger partial charge in [0.25, 0.3) is 0 Å². The van der Waals surface area contributed by atoms with E-state index in [1.54, 1.807) is 0 Å². The molecule has 0 aliphatic heterocycles. The van der Waals surface area contributed by atoms with E-state index < -0.39 is 0 Å². The Kier molecular flexibility index (Phi) is 5.56. The second-order valence-corrected chi connectivity index (χ2v) is 14.7. The van der Waals surface area contributed by atoms with Gasteiger partial charge >= 0.3 is 0 Å². The van der Waals surface area contributed by atoms with Gasteiger partial charge in [-0.05, 0) is 104 Å². The summed E-state index contributed by atoms with van der Waals surface area (Å²) >= 11 is 9.47. The van der Waals surface area contributed by atoms with E-state index in [1.807, 2.05) is 0 Å². The quantitative estimate of drug-likeness (QED) is 0.301. The fourth-order valence-electron chi connectivity index (χ4n) is 0.385. The summed E-state index contributed by atoms with van der Waals surface area (Å²) in [6.45, 7) is 4.29. The van der Waals surface area contributed by atoms with Gasteiger partial charge in [0, 0.05) is 0 Å². The standard InChI is InChI=1S/C4H7I4N/c1-3(5,6)9-4(2,7)8/h9H,1-2H3. The van der Waals surface area contributed by atoms with Crippen LogP contribution in [0.15, 0.2) is 0 Å². The Balaban J connectivity index is 3.75. The average Bonchev–Trinajstić information content (AvgIpc) is 1.14. The van der Waals surface area contributed by atoms with Crippen LogP contribution in [-0.4, -0.2) is 3.10 Å². The summed E-state index contributed by atoms with van der Waals surface area (Å²) in [6, 6.07) is 0. The predicted octanol–water partition coefficient (Wildman–Crippen LogP) is 3.66. The minimum Gasteiger partial charge on any atom is -0.273 e. The highest BCUT2D eigenvalue weighted by Gasteiger charge is 2.24. The first-order valence-corrected chi connectivity index (χ1v) is 6.57. The van der Waals surface area contributed by atoms with Crippen LogP contribution in [0.5, 0.6) is 0 Å². The molecule has 0 aromatic carbocycles. The van der Waals surface area contributed by atoms with Gasteiger partial charge in [0.15, 0.2) is 0 Å². The Labute approximate surface area is 110 Å². The lowest BCUT2D eigenvalue weighted by Gasteiger charge is -2.25. The molecule has 0 aromatic rings. The normalized spacial score (nSPS) is 14.0. The zero-order chi connectivity index (χ0) is 7.71. The van der Waals surface area contributed by atoms with Crippen molar-refractivity contribution in [2.45, 2.75) is 17.0 Å². The van der Waals surface area contributed by atoms with Gasteiger partial charge in [0.2, 0.25) is 0 Å². The summed E-state index contributed by atoms with van der Waals surface area (Å²) in [4.78, 5) is 0. The van der Waals surface area contributed by atoms with Crippen LogP contribution in [0.2, 0.25) is 0 Å². The lowest BCUT2D eigenvalue weighted by atomic mass is 10.7. The van der Waals surface area contributed by atoms with Crippen LogP contribution in [0.1, 0.15) is 13.8 Å². The van der Waals surface area contributed by atoms with Crippen molar-refractivity contribution in [1.82, 2.24) is 5.32 Å². The van der Waals surface area contributed by atoms with Crippen molar-refractivity contribution in [2.75, 3.05) is 0 Å². The first-order chi connectivity index (χ1) is 3.71. The molecular weight excluding hydrogens is 570 g/mol. The zero-order valence-corrected chi connectivity index (χ0v) is 13.6. The van der Waals surface area contributed by atoms with E-state index in [2.05, 4.69) is 110 Å². The molecule has 0 saturated heterocycles. The lowest BCUT2D eigenvalue weighted by molar-refractivity contribution is 0.687. The van der Waals surface area contributed by atoms with Crippen LogP contribution in [0.3, 0.4) is 0 Å². The Morgan fingerprint density at radius 3 is 1.11 bits per heavy atom. The maximum absolute atomic E-state index is 3.40. The molecule has 0 fully saturated rings. The third-order valence-corrected chi connectivity index (χ3v) is 1.52. The number of hydrogen-bond donors (Lipinski definition) is 1. The molecule has 0 spiro atoms. The van der Waals surface area contributed by atoms with Crippen molar-refractivity contribution in [1.29, 1.82) is 0 Å². The van der Waals surface area contributed by atoms with Crippen LogP contribution in [0.25, 0.3) is 0 Å². The number of halogens is 4. The summed E-state index contributed by atoms with van der Waals surface area (Å²) in [5, 5.41) is 3.40. The van der Waals surface area contributed by atoms with E-state index in [4.69, 9.17) is 0 Å². The number of alkyl halides is 4. The highest BCUT2D eigenvalue weighted by Crippen LogP contribution is 2.32. The van der Waals surface area contributed by atoms with Gasteiger partial charge in [-0.2, -0.15) is 0 Å². The molecule has 0 unspecified atom stereocenters. The van der Waals surface area contributed by atoms with Crippen molar-refractivity contribution in [3.05, 3.63) is 0 Å². The van der Waals surface area contributed by atoms with Crippen molar-refractivity contribution in [3.63, 3.8) is 0 Å². The second-order valence-electron chi connectivity index (χ2n) is 1.90. The molecule has 56 valence electrons. The molecule has 9 heavy (non-hydrogen) atoms. The molecule has 1 N–H and O–H groups in total. The molecule has 0 radical (unpaired) electrons. The van der Waals surface area contributed by atoms with E-state index in [1.165, 1.54) is 0 Å². The lowest BCUT2D eigenvalue weighted by Crippen LogP contribution is -2.39. The largest absolute Gasteiger partial charge is 0.273 e. The molecule has 0 bridgehead atoms. The van der Waals surface area contributed by atoms with Crippen LogP contribution < -0.4 is 5.32 Å². The van der Waals surface area contributed by atoms with E-state index in [-0.39, 0.29) is 3.10 Å². The molecule has 1 nitrogen and oxygen atoms in total. The predicted molar refractivity (Wildman–Crippen MR) is 76.0 cm³/mol. The SMILES string of the molecule is CC(I)(I)NC(C)(I)I. The van der Waals surface area contributed by atoms with Crippen molar-refractivity contribution in [2.24, 2.45) is 0 Å². The van der Waals surface area contributed by atoms with Crippen LogP contribution in [0, 0.1) is 0 Å². The fourth-order valence-corrected chi connectivity index (χ4v) is 4.61. The van der Waals surface area contributed by atoms with Gasteiger partial charge in [-0.15, -0.1) is 0 Å². The van der Waals surface area contributed by atoms with Gasteiger partial charge in [-0.1, -0.05) is 0 Å². The Bertz CT molecular complexity index is 77.7. The number of nitrogens with one attached hydrogen (secondary N) is 1. The van der Waals surface area contributed by atoms with Crippen molar-refractivity contribution in [3.8, 4) is 0 Å². The van der Waals surface area contributed by atoms with Crippen molar-refractivity contribution < 1.29 is 0 Å². The first-order valence-electron chi connectivity index (χ1n) is 2.26. The smallest absolute Gasteiger partial charge is 0.121 e. The molecular formula is C4H7I4N. The first kappa shape index (κ1) is 11.9. The molecule has 0 aromatic heterocycles. The summed E-state index contributed by atoms with van der Waals surface area (Å²) in [6.07, 6.45) is 0. The summed E-state index contributed by atoms with van der Waals surface area (Å²) in [7, 11) is 0. The molecule has 5 heteroatoms. The molecule has 0 aliphatic carbocycles. The fraction of sp³-hybridized carbons (Fsp3) is 1.00. The molecule has 0 rings (SSSR count). The van der Waals surface area contributed by atoms with Gasteiger partial charge in [0.05, 0.1) is 0 Å². The minimum absolute atomic E-state index is 0.159. The maximum atomic E-state index is 3.40. The Morgan fingerprint density at radius 1 is 0.889 bits per heavy atom. The average molecular weight is 577 g/mol. The van der Waals surface area contributed by atoms with Gasteiger partial charge in [-0.3, -0.25) is 5.32 Å². The summed E-state index contributed by atoms with van der Waals surface area (Å²) in [5.74, 6) is 0. The molecule has 0 heterocycles. The minimum atomic E-state index is 0.159. The van der Waals surface area contributed by atoms with Crippen LogP contribution in [0.4, 0.5) is 0 Å².